The van der Waals surface area contributed by atoms with E-state index in [0.29, 0.717) is 23.3 Å². The summed E-state index contributed by atoms with van der Waals surface area (Å²) in [6, 6.07) is 3.77. The van der Waals surface area contributed by atoms with Crippen molar-refractivity contribution in [2.24, 2.45) is 0 Å². The molecule has 0 aliphatic heterocycles. The third-order valence-corrected chi connectivity index (χ3v) is 5.95. The molecule has 0 aromatic carbocycles. The van der Waals surface area contributed by atoms with Gasteiger partial charge in [0.15, 0.2) is 17.3 Å². The van der Waals surface area contributed by atoms with Crippen LogP contribution < -0.4 is 20.3 Å². The molecule has 0 unspecified atom stereocenters. The monoisotopic (exact) mass is 494 g/mol. The molecule has 182 valence electrons. The number of pyridine rings is 1. The fraction of sp³-hybridized carbons (Fsp3) is 0.348. The maximum Gasteiger partial charge on any atom is 0.295 e. The summed E-state index contributed by atoms with van der Waals surface area (Å²) in [4.78, 5) is 40.8. The van der Waals surface area contributed by atoms with Crippen molar-refractivity contribution in [1.29, 1.82) is 0 Å². The normalized spacial score (nSPS) is 11.1. The molecule has 0 fully saturated rings. The minimum absolute atomic E-state index is 0.185. The first-order valence-corrected chi connectivity index (χ1v) is 12.0. The van der Waals surface area contributed by atoms with Crippen LogP contribution in [-0.4, -0.2) is 54.4 Å². The van der Waals surface area contributed by atoms with E-state index in [-0.39, 0.29) is 35.0 Å². The third kappa shape index (κ3) is 5.02. The van der Waals surface area contributed by atoms with Gasteiger partial charge in [-0.15, -0.1) is 11.8 Å². The minimum Gasteiger partial charge on any atom is -0.480 e. The lowest BCUT2D eigenvalue weighted by Gasteiger charge is -2.16. The number of nitrogens with zero attached hydrogens (tertiary/aromatic N) is 7. The molecule has 1 N–H and O–H groups in total. The first-order valence-electron chi connectivity index (χ1n) is 11.0. The minimum atomic E-state index is -0.293. The Bertz CT molecular complexity index is 1370. The smallest absolute Gasteiger partial charge is 0.295 e. The summed E-state index contributed by atoms with van der Waals surface area (Å²) in [5.74, 6) is 1.97. The SMILES string of the molecule is CCSc1ccc(CNc2nc3cnc(-c4c(OC)ncnc4OC)nc3n(C(C)C)c2=O)nc1. The predicted molar refractivity (Wildman–Crippen MR) is 134 cm³/mol. The predicted octanol–water partition coefficient (Wildman–Crippen LogP) is 3.36. The molecule has 0 atom stereocenters. The van der Waals surface area contributed by atoms with Crippen molar-refractivity contribution >= 4 is 28.7 Å². The Morgan fingerprint density at radius 2 is 1.77 bits per heavy atom. The number of nitrogens with one attached hydrogen (secondary N) is 1. The number of aromatic nitrogens is 7. The van der Waals surface area contributed by atoms with Gasteiger partial charge in [0.1, 0.15) is 17.4 Å². The maximum atomic E-state index is 13.4. The zero-order chi connectivity index (χ0) is 24.9. The molecule has 4 aromatic rings. The molecular weight excluding hydrogens is 468 g/mol. The fourth-order valence-electron chi connectivity index (χ4n) is 3.51. The van der Waals surface area contributed by atoms with Crippen LogP contribution in [0.1, 0.15) is 32.5 Å². The highest BCUT2D eigenvalue weighted by atomic mass is 32.2. The van der Waals surface area contributed by atoms with Crippen LogP contribution in [0.4, 0.5) is 5.82 Å². The molecule has 0 amide bonds. The molecular formula is C23H26N8O3S. The van der Waals surface area contributed by atoms with Gasteiger partial charge in [0.05, 0.1) is 32.7 Å². The molecule has 0 radical (unpaired) electrons. The van der Waals surface area contributed by atoms with Crippen molar-refractivity contribution in [2.75, 3.05) is 25.3 Å². The van der Waals surface area contributed by atoms with Crippen LogP contribution in [0.5, 0.6) is 11.8 Å². The fourth-order valence-corrected chi connectivity index (χ4v) is 4.14. The maximum absolute atomic E-state index is 13.4. The van der Waals surface area contributed by atoms with E-state index in [0.717, 1.165) is 16.3 Å². The van der Waals surface area contributed by atoms with E-state index in [1.165, 1.54) is 20.5 Å². The largest absolute Gasteiger partial charge is 0.480 e. The van der Waals surface area contributed by atoms with Crippen molar-refractivity contribution in [3.05, 3.63) is 46.9 Å². The lowest BCUT2D eigenvalue weighted by atomic mass is 10.2. The van der Waals surface area contributed by atoms with Crippen molar-refractivity contribution in [3.8, 4) is 23.1 Å². The molecule has 4 rings (SSSR count). The van der Waals surface area contributed by atoms with Gasteiger partial charge in [-0.2, -0.15) is 0 Å². The molecule has 0 saturated heterocycles. The van der Waals surface area contributed by atoms with Crippen molar-refractivity contribution in [1.82, 2.24) is 34.5 Å². The summed E-state index contributed by atoms with van der Waals surface area (Å²) in [6.07, 6.45) is 4.72. The topological polar surface area (TPSA) is 130 Å². The Morgan fingerprint density at radius 3 is 2.37 bits per heavy atom. The van der Waals surface area contributed by atoms with Gasteiger partial charge < -0.3 is 14.8 Å². The first-order chi connectivity index (χ1) is 17.0. The van der Waals surface area contributed by atoms with Crippen molar-refractivity contribution in [2.45, 2.75) is 38.3 Å². The number of ether oxygens (including phenoxy) is 2. The number of methoxy groups -OCH3 is 2. The molecule has 0 spiro atoms. The molecule has 35 heavy (non-hydrogen) atoms. The van der Waals surface area contributed by atoms with Crippen molar-refractivity contribution in [3.63, 3.8) is 0 Å². The lowest BCUT2D eigenvalue weighted by Crippen LogP contribution is -2.27. The summed E-state index contributed by atoms with van der Waals surface area (Å²) in [5, 5.41) is 3.12. The zero-order valence-electron chi connectivity index (χ0n) is 20.1. The second-order valence-electron chi connectivity index (χ2n) is 7.67. The number of fused-ring (bicyclic) bond motifs is 1. The van der Waals surface area contributed by atoms with E-state index < -0.39 is 0 Å². The van der Waals surface area contributed by atoms with E-state index in [1.807, 2.05) is 32.2 Å². The second kappa shape index (κ2) is 10.6. The van der Waals surface area contributed by atoms with Crippen LogP contribution in [0.25, 0.3) is 22.6 Å². The summed E-state index contributed by atoms with van der Waals surface area (Å²) in [7, 11) is 2.97. The summed E-state index contributed by atoms with van der Waals surface area (Å²) >= 11 is 1.73. The number of anilines is 1. The lowest BCUT2D eigenvalue weighted by molar-refractivity contribution is 0.374. The van der Waals surface area contributed by atoms with Crippen LogP contribution in [0.3, 0.4) is 0 Å². The van der Waals surface area contributed by atoms with Gasteiger partial charge in [0.2, 0.25) is 11.8 Å². The van der Waals surface area contributed by atoms with Gasteiger partial charge >= 0.3 is 0 Å². The Morgan fingerprint density at radius 1 is 1.03 bits per heavy atom. The molecule has 0 bridgehead atoms. The van der Waals surface area contributed by atoms with Gasteiger partial charge in [-0.3, -0.25) is 14.3 Å². The number of rotatable bonds is 9. The molecule has 11 nitrogen and oxygen atoms in total. The van der Waals surface area contributed by atoms with Crippen LogP contribution in [0.15, 0.2) is 40.5 Å². The zero-order valence-corrected chi connectivity index (χ0v) is 21.0. The highest BCUT2D eigenvalue weighted by Gasteiger charge is 2.21. The highest BCUT2D eigenvalue weighted by Crippen LogP contribution is 2.33. The number of hydrogen-bond acceptors (Lipinski definition) is 11. The molecule has 0 aliphatic carbocycles. The first kappa shape index (κ1) is 24.3. The number of thioether (sulfide) groups is 1. The number of hydrogen-bond donors (Lipinski definition) is 1. The Kier molecular flexibility index (Phi) is 7.39. The average molecular weight is 495 g/mol. The molecule has 0 aliphatic rings. The second-order valence-corrected chi connectivity index (χ2v) is 9.01. The third-order valence-electron chi connectivity index (χ3n) is 5.08. The molecule has 4 heterocycles. The molecule has 4 aromatic heterocycles. The molecule has 12 heteroatoms. The van der Waals surface area contributed by atoms with E-state index in [4.69, 9.17) is 9.47 Å². The highest BCUT2D eigenvalue weighted by molar-refractivity contribution is 7.99. The van der Waals surface area contributed by atoms with Crippen LogP contribution in [-0.2, 0) is 6.54 Å². The van der Waals surface area contributed by atoms with Gasteiger partial charge in [0.25, 0.3) is 5.56 Å². The summed E-state index contributed by atoms with van der Waals surface area (Å²) in [5.41, 5.74) is 1.74. The van der Waals surface area contributed by atoms with Gasteiger partial charge in [-0.1, -0.05) is 6.92 Å². The van der Waals surface area contributed by atoms with Gasteiger partial charge in [0, 0.05) is 17.1 Å². The molecule has 0 saturated carbocycles. The summed E-state index contributed by atoms with van der Waals surface area (Å²) in [6.45, 7) is 6.27. The average Bonchev–Trinajstić information content (AvgIpc) is 2.87. The Labute approximate surface area is 206 Å². The Balaban J connectivity index is 1.74. The quantitative estimate of drug-likeness (QED) is 0.344. The van der Waals surface area contributed by atoms with E-state index in [1.54, 1.807) is 22.5 Å². The van der Waals surface area contributed by atoms with Crippen LogP contribution in [0.2, 0.25) is 0 Å². The van der Waals surface area contributed by atoms with Crippen LogP contribution >= 0.6 is 11.8 Å². The van der Waals surface area contributed by atoms with E-state index in [9.17, 15) is 4.79 Å². The summed E-state index contributed by atoms with van der Waals surface area (Å²) < 4.78 is 12.3. The van der Waals surface area contributed by atoms with E-state index in [2.05, 4.69) is 42.1 Å². The Hall–Kier alpha value is -3.80. The van der Waals surface area contributed by atoms with Crippen molar-refractivity contribution < 1.29 is 9.47 Å². The van der Waals surface area contributed by atoms with Gasteiger partial charge in [-0.05, 0) is 31.7 Å². The standard InChI is InChI=1S/C23H26N8O3S/c1-6-35-15-8-7-14(24-10-15)9-25-19-23(32)31(13(2)3)20-16(29-19)11-26-18(30-20)17-21(33-4)27-12-28-22(17)34-5/h7-8,10-13H,6,9H2,1-5H3,(H,25,29). The van der Waals surface area contributed by atoms with Gasteiger partial charge in [-0.25, -0.2) is 24.9 Å². The van der Waals surface area contributed by atoms with E-state index >= 15 is 0 Å². The van der Waals surface area contributed by atoms with Crippen LogP contribution in [0, 0.1) is 0 Å².